The molecule has 3 rings (SSSR count). The van der Waals surface area contributed by atoms with Crippen LogP contribution in [-0.4, -0.2) is 13.2 Å². The second-order valence-corrected chi connectivity index (χ2v) is 5.54. The van der Waals surface area contributed by atoms with E-state index < -0.39 is 0 Å². The maximum atomic E-state index is 5.29. The van der Waals surface area contributed by atoms with Crippen LogP contribution in [0.5, 0.6) is 5.75 Å². The van der Waals surface area contributed by atoms with Crippen molar-refractivity contribution < 1.29 is 4.74 Å². The molecule has 1 saturated carbocycles. The average molecular weight is 267 g/mol. The van der Waals surface area contributed by atoms with Gasteiger partial charge in [0.25, 0.3) is 0 Å². The fraction of sp³-hybridized carbons (Fsp3) is 0.333. The van der Waals surface area contributed by atoms with Crippen LogP contribution < -0.4 is 10.1 Å². The largest absolute Gasteiger partial charge is 0.496 e. The molecule has 1 aliphatic rings. The summed E-state index contributed by atoms with van der Waals surface area (Å²) in [5.74, 6) is 1.65. The first kappa shape index (κ1) is 13.2. The Balaban J connectivity index is 1.55. The van der Waals surface area contributed by atoms with Crippen molar-refractivity contribution in [2.75, 3.05) is 7.11 Å². The van der Waals surface area contributed by atoms with Crippen LogP contribution in [0.15, 0.2) is 48.5 Å². The van der Waals surface area contributed by atoms with Gasteiger partial charge in [-0.1, -0.05) is 42.5 Å². The SMILES string of the molecule is COc1ccc(CNC2CC2c2ccccc2)cc1C. The highest BCUT2D eigenvalue weighted by Crippen LogP contribution is 2.40. The van der Waals surface area contributed by atoms with E-state index in [9.17, 15) is 0 Å². The Kier molecular flexibility index (Phi) is 3.75. The Morgan fingerprint density at radius 1 is 1.15 bits per heavy atom. The third kappa shape index (κ3) is 2.86. The fourth-order valence-electron chi connectivity index (χ4n) is 2.79. The first-order valence-electron chi connectivity index (χ1n) is 7.20. The minimum absolute atomic E-state index is 0.625. The Morgan fingerprint density at radius 2 is 1.95 bits per heavy atom. The molecule has 0 saturated heterocycles. The Labute approximate surface area is 120 Å². The van der Waals surface area contributed by atoms with E-state index in [2.05, 4.69) is 54.7 Å². The predicted octanol–water partition coefficient (Wildman–Crippen LogP) is 3.65. The van der Waals surface area contributed by atoms with E-state index in [0.717, 1.165) is 12.3 Å². The number of hydrogen-bond donors (Lipinski definition) is 1. The molecule has 2 aromatic rings. The highest BCUT2D eigenvalue weighted by Gasteiger charge is 2.37. The van der Waals surface area contributed by atoms with Gasteiger partial charge in [0.05, 0.1) is 7.11 Å². The number of aryl methyl sites for hydroxylation is 1. The van der Waals surface area contributed by atoms with Crippen LogP contribution in [-0.2, 0) is 6.54 Å². The van der Waals surface area contributed by atoms with Gasteiger partial charge in [-0.3, -0.25) is 0 Å². The van der Waals surface area contributed by atoms with Crippen LogP contribution in [0.3, 0.4) is 0 Å². The van der Waals surface area contributed by atoms with E-state index in [1.54, 1.807) is 7.11 Å². The van der Waals surface area contributed by atoms with Crippen LogP contribution in [0.25, 0.3) is 0 Å². The van der Waals surface area contributed by atoms with Crippen LogP contribution in [0.2, 0.25) is 0 Å². The first-order valence-corrected chi connectivity index (χ1v) is 7.20. The van der Waals surface area contributed by atoms with Gasteiger partial charge < -0.3 is 10.1 Å². The van der Waals surface area contributed by atoms with Crippen molar-refractivity contribution in [1.82, 2.24) is 5.32 Å². The van der Waals surface area contributed by atoms with Crippen molar-refractivity contribution >= 4 is 0 Å². The van der Waals surface area contributed by atoms with E-state index in [4.69, 9.17) is 4.74 Å². The molecule has 0 spiro atoms. The highest BCUT2D eigenvalue weighted by atomic mass is 16.5. The molecule has 0 aliphatic heterocycles. The van der Waals surface area contributed by atoms with Gasteiger partial charge in [0.1, 0.15) is 5.75 Å². The molecule has 2 heteroatoms. The zero-order valence-electron chi connectivity index (χ0n) is 12.1. The number of rotatable bonds is 5. The Bertz CT molecular complexity index is 579. The molecule has 0 amide bonds. The molecule has 0 heterocycles. The quantitative estimate of drug-likeness (QED) is 0.893. The molecule has 1 aliphatic carbocycles. The van der Waals surface area contributed by atoms with E-state index in [1.807, 2.05) is 6.07 Å². The lowest BCUT2D eigenvalue weighted by molar-refractivity contribution is 0.411. The third-order valence-corrected chi connectivity index (χ3v) is 4.05. The normalized spacial score (nSPS) is 20.7. The zero-order valence-corrected chi connectivity index (χ0v) is 12.1. The van der Waals surface area contributed by atoms with Gasteiger partial charge in [0.2, 0.25) is 0 Å². The van der Waals surface area contributed by atoms with Crippen molar-refractivity contribution in [3.63, 3.8) is 0 Å². The molecule has 2 unspecified atom stereocenters. The summed E-state index contributed by atoms with van der Waals surface area (Å²) in [6.07, 6.45) is 1.25. The standard InChI is InChI=1S/C18H21NO/c1-13-10-14(8-9-18(13)20-2)12-19-17-11-16(17)15-6-4-3-5-7-15/h3-10,16-17,19H,11-12H2,1-2H3. The number of ether oxygens (including phenoxy) is 1. The van der Waals surface area contributed by atoms with Gasteiger partial charge in [-0.05, 0) is 36.1 Å². The number of nitrogens with one attached hydrogen (secondary N) is 1. The molecule has 1 fully saturated rings. The van der Waals surface area contributed by atoms with Gasteiger partial charge >= 0.3 is 0 Å². The highest BCUT2D eigenvalue weighted by molar-refractivity contribution is 5.36. The second-order valence-electron chi connectivity index (χ2n) is 5.54. The summed E-state index contributed by atoms with van der Waals surface area (Å²) in [6, 6.07) is 17.8. The Hall–Kier alpha value is -1.80. The van der Waals surface area contributed by atoms with Gasteiger partial charge in [-0.2, -0.15) is 0 Å². The van der Waals surface area contributed by atoms with Crippen LogP contribution in [0.1, 0.15) is 29.0 Å². The molecule has 2 atom stereocenters. The first-order chi connectivity index (χ1) is 9.78. The molecule has 2 nitrogen and oxygen atoms in total. The van der Waals surface area contributed by atoms with Crippen LogP contribution in [0.4, 0.5) is 0 Å². The summed E-state index contributed by atoms with van der Waals surface area (Å²) in [6.45, 7) is 3.02. The summed E-state index contributed by atoms with van der Waals surface area (Å²) < 4.78 is 5.29. The molecular weight excluding hydrogens is 246 g/mol. The lowest BCUT2D eigenvalue weighted by Crippen LogP contribution is -2.17. The molecule has 104 valence electrons. The maximum absolute atomic E-state index is 5.29. The van der Waals surface area contributed by atoms with Gasteiger partial charge in [-0.15, -0.1) is 0 Å². The van der Waals surface area contributed by atoms with E-state index >= 15 is 0 Å². The van der Waals surface area contributed by atoms with Crippen molar-refractivity contribution in [3.8, 4) is 5.75 Å². The maximum Gasteiger partial charge on any atom is 0.121 e. The van der Waals surface area contributed by atoms with Crippen molar-refractivity contribution in [1.29, 1.82) is 0 Å². The van der Waals surface area contributed by atoms with Crippen LogP contribution >= 0.6 is 0 Å². The van der Waals surface area contributed by atoms with Gasteiger partial charge in [-0.25, -0.2) is 0 Å². The minimum Gasteiger partial charge on any atom is -0.496 e. The van der Waals surface area contributed by atoms with E-state index in [-0.39, 0.29) is 0 Å². The summed E-state index contributed by atoms with van der Waals surface area (Å²) in [7, 11) is 1.72. The number of hydrogen-bond acceptors (Lipinski definition) is 2. The van der Waals surface area contributed by atoms with Gasteiger partial charge in [0.15, 0.2) is 0 Å². The fourth-order valence-corrected chi connectivity index (χ4v) is 2.79. The molecule has 0 bridgehead atoms. The molecule has 0 radical (unpaired) electrons. The molecule has 20 heavy (non-hydrogen) atoms. The van der Waals surface area contributed by atoms with Crippen molar-refractivity contribution in [2.24, 2.45) is 0 Å². The molecular formula is C18H21NO. The Morgan fingerprint density at radius 3 is 2.65 bits per heavy atom. The van der Waals surface area contributed by atoms with Gasteiger partial charge in [0, 0.05) is 18.5 Å². The number of benzene rings is 2. The lowest BCUT2D eigenvalue weighted by Gasteiger charge is -2.08. The summed E-state index contributed by atoms with van der Waals surface area (Å²) in [5.41, 5.74) is 3.97. The van der Waals surface area contributed by atoms with Crippen molar-refractivity contribution in [3.05, 3.63) is 65.2 Å². The predicted molar refractivity (Wildman–Crippen MR) is 82.2 cm³/mol. The van der Waals surface area contributed by atoms with Crippen LogP contribution in [0, 0.1) is 6.92 Å². The molecule has 1 N–H and O–H groups in total. The molecule has 2 aromatic carbocycles. The number of methoxy groups -OCH3 is 1. The van der Waals surface area contributed by atoms with Crippen molar-refractivity contribution in [2.45, 2.75) is 31.8 Å². The summed E-state index contributed by atoms with van der Waals surface area (Å²) in [4.78, 5) is 0. The summed E-state index contributed by atoms with van der Waals surface area (Å²) in [5, 5.41) is 3.65. The topological polar surface area (TPSA) is 21.3 Å². The smallest absolute Gasteiger partial charge is 0.121 e. The average Bonchev–Trinajstić information content (AvgIpc) is 3.26. The second kappa shape index (κ2) is 5.68. The minimum atomic E-state index is 0.625. The third-order valence-electron chi connectivity index (χ3n) is 4.05. The summed E-state index contributed by atoms with van der Waals surface area (Å²) >= 11 is 0. The zero-order chi connectivity index (χ0) is 13.9. The van der Waals surface area contributed by atoms with E-state index in [1.165, 1.54) is 23.1 Å². The monoisotopic (exact) mass is 267 g/mol. The van der Waals surface area contributed by atoms with E-state index in [0.29, 0.717) is 12.0 Å². The molecule has 0 aromatic heterocycles. The lowest BCUT2D eigenvalue weighted by atomic mass is 10.1.